The van der Waals surface area contributed by atoms with Gasteiger partial charge in [0.05, 0.1) is 6.26 Å². The molecule has 0 amide bonds. The highest BCUT2D eigenvalue weighted by Gasteiger charge is 2.06. The van der Waals surface area contributed by atoms with Crippen LogP contribution < -0.4 is 5.32 Å². The maximum atomic E-state index is 5.31. The van der Waals surface area contributed by atoms with Crippen molar-refractivity contribution in [1.82, 2.24) is 10.2 Å². The zero-order chi connectivity index (χ0) is 14.2. The van der Waals surface area contributed by atoms with Crippen LogP contribution in [0.4, 0.5) is 0 Å². The van der Waals surface area contributed by atoms with E-state index in [-0.39, 0.29) is 0 Å². The van der Waals surface area contributed by atoms with Gasteiger partial charge in [0.2, 0.25) is 0 Å². The Bertz CT molecular complexity index is 505. The minimum atomic E-state index is 0.568. The van der Waals surface area contributed by atoms with Crippen molar-refractivity contribution in [3.8, 4) is 0 Å². The number of guanidine groups is 1. The van der Waals surface area contributed by atoms with Gasteiger partial charge in [0.25, 0.3) is 0 Å². The van der Waals surface area contributed by atoms with Gasteiger partial charge in [-0.15, -0.1) is 11.3 Å². The van der Waals surface area contributed by atoms with Crippen LogP contribution >= 0.6 is 11.3 Å². The highest BCUT2D eigenvalue weighted by atomic mass is 32.1. The molecule has 0 saturated heterocycles. The molecule has 2 rings (SSSR count). The largest absolute Gasteiger partial charge is 0.467 e. The molecular weight excluding hydrogens is 270 g/mol. The zero-order valence-corrected chi connectivity index (χ0v) is 12.8. The molecule has 4 nitrogen and oxygen atoms in total. The van der Waals surface area contributed by atoms with Crippen molar-refractivity contribution >= 4 is 17.3 Å². The van der Waals surface area contributed by atoms with Gasteiger partial charge in [0.15, 0.2) is 5.96 Å². The number of hydrogen-bond acceptors (Lipinski definition) is 3. The average molecular weight is 291 g/mol. The van der Waals surface area contributed by atoms with Crippen LogP contribution in [0.2, 0.25) is 0 Å². The summed E-state index contributed by atoms with van der Waals surface area (Å²) in [6.07, 6.45) is 2.72. The Hall–Kier alpha value is -1.75. The molecule has 0 aromatic carbocycles. The Morgan fingerprint density at radius 3 is 2.95 bits per heavy atom. The Morgan fingerprint density at radius 2 is 2.30 bits per heavy atom. The summed E-state index contributed by atoms with van der Waals surface area (Å²) in [4.78, 5) is 8.16. The molecule has 1 N–H and O–H groups in total. The highest BCUT2D eigenvalue weighted by molar-refractivity contribution is 7.09. The number of furan rings is 1. The molecule has 0 fully saturated rings. The maximum absolute atomic E-state index is 5.31. The van der Waals surface area contributed by atoms with Crippen molar-refractivity contribution < 1.29 is 4.42 Å². The van der Waals surface area contributed by atoms with Crippen molar-refractivity contribution in [2.45, 2.75) is 19.9 Å². The molecular formula is C15H21N3OS. The third-order valence-electron chi connectivity index (χ3n) is 2.93. The van der Waals surface area contributed by atoms with E-state index in [1.54, 1.807) is 17.6 Å². The number of hydrogen-bond donors (Lipinski definition) is 1. The molecule has 108 valence electrons. The number of likely N-dealkylation sites (N-methyl/N-ethyl adjacent to an activating group) is 1. The van der Waals surface area contributed by atoms with Gasteiger partial charge in [-0.3, -0.25) is 0 Å². The van der Waals surface area contributed by atoms with Gasteiger partial charge < -0.3 is 14.6 Å². The van der Waals surface area contributed by atoms with E-state index in [9.17, 15) is 0 Å². The van der Waals surface area contributed by atoms with Gasteiger partial charge in [0, 0.05) is 25.0 Å². The van der Waals surface area contributed by atoms with Gasteiger partial charge in [-0.1, -0.05) is 6.07 Å². The molecule has 0 spiro atoms. The smallest absolute Gasteiger partial charge is 0.194 e. The third-order valence-corrected chi connectivity index (χ3v) is 3.87. The molecule has 0 unspecified atom stereocenters. The van der Waals surface area contributed by atoms with E-state index in [0.29, 0.717) is 6.54 Å². The molecule has 0 radical (unpaired) electrons. The predicted octanol–water partition coefficient (Wildman–Crippen LogP) is 2.98. The van der Waals surface area contributed by atoms with Crippen molar-refractivity contribution in [3.63, 3.8) is 0 Å². The lowest BCUT2D eigenvalue weighted by Gasteiger charge is -2.21. The van der Waals surface area contributed by atoms with Gasteiger partial charge >= 0.3 is 0 Å². The lowest BCUT2D eigenvalue weighted by Crippen LogP contribution is -2.39. The van der Waals surface area contributed by atoms with Crippen molar-refractivity contribution in [1.29, 1.82) is 0 Å². The van der Waals surface area contributed by atoms with Crippen LogP contribution in [0.25, 0.3) is 0 Å². The number of thiophene rings is 1. The first-order valence-corrected chi connectivity index (χ1v) is 7.71. The van der Waals surface area contributed by atoms with E-state index in [1.165, 1.54) is 4.88 Å². The zero-order valence-electron chi connectivity index (χ0n) is 12.0. The second-order valence-corrected chi connectivity index (χ2v) is 5.53. The molecule has 2 aromatic heterocycles. The second kappa shape index (κ2) is 7.75. The summed E-state index contributed by atoms with van der Waals surface area (Å²) in [5, 5.41) is 5.43. The minimum absolute atomic E-state index is 0.568. The molecule has 0 aliphatic carbocycles. The minimum Gasteiger partial charge on any atom is -0.467 e. The maximum Gasteiger partial charge on any atom is 0.194 e. The average Bonchev–Trinajstić information content (AvgIpc) is 3.13. The Balaban J connectivity index is 1.90. The number of aliphatic imine (C=N–C) groups is 1. The van der Waals surface area contributed by atoms with Crippen LogP contribution in [0.5, 0.6) is 0 Å². The van der Waals surface area contributed by atoms with Gasteiger partial charge in [-0.25, -0.2) is 4.99 Å². The molecule has 0 aliphatic rings. The fraction of sp³-hybridized carbons (Fsp3) is 0.400. The van der Waals surface area contributed by atoms with E-state index < -0.39 is 0 Å². The molecule has 0 aliphatic heterocycles. The monoisotopic (exact) mass is 291 g/mol. The van der Waals surface area contributed by atoms with Crippen LogP contribution in [0.15, 0.2) is 45.3 Å². The Morgan fingerprint density at radius 1 is 1.40 bits per heavy atom. The van der Waals surface area contributed by atoms with E-state index in [1.807, 2.05) is 12.1 Å². The van der Waals surface area contributed by atoms with Crippen molar-refractivity contribution in [3.05, 3.63) is 46.5 Å². The molecule has 0 bridgehead atoms. The SMILES string of the molecule is CCNC(=NCc1ccco1)N(C)CCc1cccs1. The molecule has 2 aromatic rings. The van der Waals surface area contributed by atoms with Crippen LogP contribution in [0.1, 0.15) is 17.6 Å². The lowest BCUT2D eigenvalue weighted by molar-refractivity contribution is 0.478. The molecule has 5 heteroatoms. The third kappa shape index (κ3) is 4.42. The fourth-order valence-electron chi connectivity index (χ4n) is 1.86. The standard InChI is InChI=1S/C15H21N3OS/c1-3-16-15(17-12-13-6-4-10-19-13)18(2)9-8-14-7-5-11-20-14/h4-7,10-11H,3,8-9,12H2,1-2H3,(H,16,17). The summed E-state index contributed by atoms with van der Waals surface area (Å²) in [5.74, 6) is 1.80. The summed E-state index contributed by atoms with van der Waals surface area (Å²) in [5.41, 5.74) is 0. The normalized spacial score (nSPS) is 11.6. The summed E-state index contributed by atoms with van der Waals surface area (Å²) >= 11 is 1.80. The van der Waals surface area contributed by atoms with E-state index in [2.05, 4.69) is 46.7 Å². The molecule has 0 saturated carbocycles. The molecule has 0 atom stereocenters. The highest BCUT2D eigenvalue weighted by Crippen LogP contribution is 2.09. The van der Waals surface area contributed by atoms with Crippen LogP contribution in [-0.2, 0) is 13.0 Å². The van der Waals surface area contributed by atoms with Crippen LogP contribution in [0.3, 0.4) is 0 Å². The van der Waals surface area contributed by atoms with Gasteiger partial charge in [-0.2, -0.15) is 0 Å². The van der Waals surface area contributed by atoms with Crippen molar-refractivity contribution in [2.75, 3.05) is 20.1 Å². The number of rotatable bonds is 6. The second-order valence-electron chi connectivity index (χ2n) is 4.50. The van der Waals surface area contributed by atoms with Crippen LogP contribution in [0, 0.1) is 0 Å². The van der Waals surface area contributed by atoms with E-state index in [4.69, 9.17) is 4.42 Å². The number of nitrogens with zero attached hydrogens (tertiary/aromatic N) is 2. The van der Waals surface area contributed by atoms with Crippen LogP contribution in [-0.4, -0.2) is 31.0 Å². The molecule has 20 heavy (non-hydrogen) atoms. The summed E-state index contributed by atoms with van der Waals surface area (Å²) < 4.78 is 5.31. The molecule has 2 heterocycles. The Kier molecular flexibility index (Phi) is 5.68. The van der Waals surface area contributed by atoms with E-state index >= 15 is 0 Å². The fourth-order valence-corrected chi connectivity index (χ4v) is 2.56. The first-order chi connectivity index (χ1) is 9.79. The first-order valence-electron chi connectivity index (χ1n) is 6.83. The predicted molar refractivity (Wildman–Crippen MR) is 84.2 cm³/mol. The van der Waals surface area contributed by atoms with E-state index in [0.717, 1.165) is 31.2 Å². The van der Waals surface area contributed by atoms with Gasteiger partial charge in [0.1, 0.15) is 12.3 Å². The summed E-state index contributed by atoms with van der Waals surface area (Å²) in [6, 6.07) is 8.10. The topological polar surface area (TPSA) is 40.8 Å². The number of nitrogens with one attached hydrogen (secondary N) is 1. The summed E-state index contributed by atoms with van der Waals surface area (Å²) in [6.45, 7) is 4.46. The summed E-state index contributed by atoms with van der Waals surface area (Å²) in [7, 11) is 2.07. The van der Waals surface area contributed by atoms with Crippen molar-refractivity contribution in [2.24, 2.45) is 4.99 Å². The first kappa shape index (κ1) is 14.7. The van der Waals surface area contributed by atoms with Gasteiger partial charge in [-0.05, 0) is 36.9 Å². The Labute approximate surface area is 124 Å². The lowest BCUT2D eigenvalue weighted by atomic mass is 10.3. The quantitative estimate of drug-likeness (QED) is 0.657.